The van der Waals surface area contributed by atoms with Crippen molar-refractivity contribution in [3.05, 3.63) is 23.8 Å². The average Bonchev–Trinajstić information content (AvgIpc) is 2.83. The van der Waals surface area contributed by atoms with Crippen LogP contribution in [0.25, 0.3) is 0 Å². The van der Waals surface area contributed by atoms with Gasteiger partial charge in [-0.3, -0.25) is 9.59 Å². The lowest BCUT2D eigenvalue weighted by atomic mass is 9.88. The molecule has 0 bridgehead atoms. The molecule has 0 radical (unpaired) electrons. The monoisotopic (exact) mass is 442 g/mol. The van der Waals surface area contributed by atoms with Crippen molar-refractivity contribution in [3.63, 3.8) is 0 Å². The summed E-state index contributed by atoms with van der Waals surface area (Å²) in [6, 6.07) is 5.85. The molecular formula is C26H42N4O2. The smallest absolute Gasteiger partial charge is 0.253 e. The lowest BCUT2D eigenvalue weighted by Gasteiger charge is -2.33. The fraction of sp³-hybridized carbons (Fsp3) is 0.692. The van der Waals surface area contributed by atoms with Gasteiger partial charge >= 0.3 is 0 Å². The van der Waals surface area contributed by atoms with Crippen LogP contribution in [0.5, 0.6) is 0 Å². The zero-order valence-electron chi connectivity index (χ0n) is 20.3. The molecule has 0 spiro atoms. The number of carbonyl (C=O) groups excluding carboxylic acids is 2. The van der Waals surface area contributed by atoms with Crippen LogP contribution in [0.2, 0.25) is 0 Å². The van der Waals surface area contributed by atoms with E-state index in [0.29, 0.717) is 12.1 Å². The molecule has 1 aromatic rings. The molecule has 1 saturated carbocycles. The van der Waals surface area contributed by atoms with Gasteiger partial charge in [0, 0.05) is 43.5 Å². The highest BCUT2D eigenvalue weighted by atomic mass is 16.2. The van der Waals surface area contributed by atoms with Crippen LogP contribution in [-0.4, -0.2) is 56.0 Å². The van der Waals surface area contributed by atoms with Crippen molar-refractivity contribution in [3.8, 4) is 0 Å². The van der Waals surface area contributed by atoms with Crippen molar-refractivity contribution in [2.24, 2.45) is 11.8 Å². The van der Waals surface area contributed by atoms with Crippen LogP contribution in [0.15, 0.2) is 18.2 Å². The number of nitrogens with one attached hydrogen (secondary N) is 2. The molecule has 1 heterocycles. The molecular weight excluding hydrogens is 400 g/mol. The van der Waals surface area contributed by atoms with Gasteiger partial charge in [-0.1, -0.05) is 40.0 Å². The first-order chi connectivity index (χ1) is 15.5. The number of hydrogen-bond donors (Lipinski definition) is 2. The summed E-state index contributed by atoms with van der Waals surface area (Å²) < 4.78 is 0. The summed E-state index contributed by atoms with van der Waals surface area (Å²) in [5.74, 6) is 0.863. The number of benzene rings is 1. The summed E-state index contributed by atoms with van der Waals surface area (Å²) in [6.07, 6.45) is 7.70. The molecule has 0 atom stereocenters. The van der Waals surface area contributed by atoms with Crippen molar-refractivity contribution < 1.29 is 9.59 Å². The van der Waals surface area contributed by atoms with E-state index in [-0.39, 0.29) is 17.7 Å². The van der Waals surface area contributed by atoms with Crippen molar-refractivity contribution in [1.29, 1.82) is 0 Å². The van der Waals surface area contributed by atoms with Crippen LogP contribution >= 0.6 is 0 Å². The zero-order valence-corrected chi connectivity index (χ0v) is 20.3. The molecule has 2 aliphatic rings. The van der Waals surface area contributed by atoms with Crippen LogP contribution in [0, 0.1) is 11.8 Å². The first kappa shape index (κ1) is 24.6. The van der Waals surface area contributed by atoms with E-state index >= 15 is 0 Å². The molecule has 1 saturated heterocycles. The molecule has 6 heteroatoms. The van der Waals surface area contributed by atoms with E-state index in [1.807, 2.05) is 18.2 Å². The minimum absolute atomic E-state index is 0.0560. The van der Waals surface area contributed by atoms with Gasteiger partial charge in [-0.25, -0.2) is 0 Å². The second-order valence-corrected chi connectivity index (χ2v) is 9.51. The zero-order chi connectivity index (χ0) is 22.9. The Labute approximate surface area is 194 Å². The van der Waals surface area contributed by atoms with Gasteiger partial charge in [-0.2, -0.15) is 0 Å². The van der Waals surface area contributed by atoms with E-state index in [2.05, 4.69) is 41.2 Å². The van der Waals surface area contributed by atoms with Crippen LogP contribution in [0.1, 0.15) is 76.1 Å². The minimum Gasteiger partial charge on any atom is -0.371 e. The normalized spacial score (nSPS) is 18.1. The molecule has 3 rings (SSSR count). The Kier molecular flexibility index (Phi) is 9.39. The number of piperidine rings is 1. The third-order valence-corrected chi connectivity index (χ3v) is 7.22. The Morgan fingerprint density at radius 2 is 1.72 bits per heavy atom. The van der Waals surface area contributed by atoms with E-state index in [1.54, 1.807) is 0 Å². The Bertz CT molecular complexity index is 748. The third-order valence-electron chi connectivity index (χ3n) is 7.22. The van der Waals surface area contributed by atoms with E-state index in [4.69, 9.17) is 0 Å². The van der Waals surface area contributed by atoms with E-state index in [1.165, 1.54) is 6.42 Å². The Morgan fingerprint density at radius 1 is 1.03 bits per heavy atom. The highest BCUT2D eigenvalue weighted by Crippen LogP contribution is 2.30. The van der Waals surface area contributed by atoms with Gasteiger partial charge in [0.25, 0.3) is 5.91 Å². The molecule has 1 aromatic carbocycles. The van der Waals surface area contributed by atoms with Gasteiger partial charge in [-0.15, -0.1) is 0 Å². The molecule has 178 valence electrons. The largest absolute Gasteiger partial charge is 0.371 e. The molecule has 32 heavy (non-hydrogen) atoms. The molecule has 0 unspecified atom stereocenters. The summed E-state index contributed by atoms with van der Waals surface area (Å²) in [5, 5.41) is 6.20. The molecule has 0 aromatic heterocycles. The number of likely N-dealkylation sites (N-methyl/N-ethyl adjacent to an activating group) is 1. The van der Waals surface area contributed by atoms with Crippen LogP contribution in [0.4, 0.5) is 11.4 Å². The molecule has 6 nitrogen and oxygen atoms in total. The standard InChI is InChI=1S/C26H42N4O2/c1-4-29(5-2)18-15-27-26(32)23-19-22(28-25(31)21-9-7-6-8-10-21)11-12-24(23)30-16-13-20(3)14-17-30/h11-12,19-21H,4-10,13-18H2,1-3H3,(H,27,32)(H,28,31). The summed E-state index contributed by atoms with van der Waals surface area (Å²) >= 11 is 0. The maximum Gasteiger partial charge on any atom is 0.253 e. The fourth-order valence-electron chi connectivity index (χ4n) is 4.89. The molecule has 2 amide bonds. The average molecular weight is 443 g/mol. The maximum absolute atomic E-state index is 13.2. The Balaban J connectivity index is 1.74. The number of hydrogen-bond acceptors (Lipinski definition) is 4. The first-order valence-electron chi connectivity index (χ1n) is 12.7. The Hall–Kier alpha value is -2.08. The number of anilines is 2. The number of amides is 2. The van der Waals surface area contributed by atoms with Gasteiger partial charge in [0.15, 0.2) is 0 Å². The fourth-order valence-corrected chi connectivity index (χ4v) is 4.89. The van der Waals surface area contributed by atoms with Crippen molar-refractivity contribution in [2.45, 2.75) is 65.7 Å². The lowest BCUT2D eigenvalue weighted by Crippen LogP contribution is -2.37. The van der Waals surface area contributed by atoms with Crippen molar-refractivity contribution >= 4 is 23.2 Å². The van der Waals surface area contributed by atoms with Gasteiger partial charge in [0.2, 0.25) is 5.91 Å². The lowest BCUT2D eigenvalue weighted by molar-refractivity contribution is -0.120. The van der Waals surface area contributed by atoms with Crippen molar-refractivity contribution in [1.82, 2.24) is 10.2 Å². The number of carbonyl (C=O) groups is 2. The Morgan fingerprint density at radius 3 is 2.38 bits per heavy atom. The first-order valence-corrected chi connectivity index (χ1v) is 12.7. The topological polar surface area (TPSA) is 64.7 Å². The van der Waals surface area contributed by atoms with E-state index in [0.717, 1.165) is 88.5 Å². The molecule has 2 N–H and O–H groups in total. The highest BCUT2D eigenvalue weighted by molar-refractivity contribution is 6.02. The SMILES string of the molecule is CCN(CC)CCNC(=O)c1cc(NC(=O)C2CCCCC2)ccc1N1CCC(C)CC1. The van der Waals surface area contributed by atoms with Crippen LogP contribution < -0.4 is 15.5 Å². The van der Waals surface area contributed by atoms with Gasteiger partial charge in [-0.05, 0) is 62.9 Å². The second-order valence-electron chi connectivity index (χ2n) is 9.51. The third kappa shape index (κ3) is 6.71. The van der Waals surface area contributed by atoms with Crippen LogP contribution in [-0.2, 0) is 4.79 Å². The predicted molar refractivity (Wildman–Crippen MR) is 132 cm³/mol. The second kappa shape index (κ2) is 12.2. The van der Waals surface area contributed by atoms with Gasteiger partial charge in [0.1, 0.15) is 0 Å². The quantitative estimate of drug-likeness (QED) is 0.590. The van der Waals surface area contributed by atoms with Crippen molar-refractivity contribution in [2.75, 3.05) is 49.5 Å². The minimum atomic E-state index is -0.0560. The summed E-state index contributed by atoms with van der Waals surface area (Å²) in [7, 11) is 0. The summed E-state index contributed by atoms with van der Waals surface area (Å²) in [5.41, 5.74) is 2.37. The summed E-state index contributed by atoms with van der Waals surface area (Å²) in [4.78, 5) is 30.6. The van der Waals surface area contributed by atoms with E-state index in [9.17, 15) is 9.59 Å². The molecule has 2 fully saturated rings. The summed E-state index contributed by atoms with van der Waals surface area (Å²) in [6.45, 7) is 11.9. The molecule has 1 aliphatic carbocycles. The van der Waals surface area contributed by atoms with Gasteiger partial charge in [0.05, 0.1) is 5.56 Å². The number of nitrogens with zero attached hydrogens (tertiary/aromatic N) is 2. The molecule has 1 aliphatic heterocycles. The maximum atomic E-state index is 13.2. The number of rotatable bonds is 9. The highest BCUT2D eigenvalue weighted by Gasteiger charge is 2.24. The predicted octanol–water partition coefficient (Wildman–Crippen LogP) is 4.51. The van der Waals surface area contributed by atoms with E-state index < -0.39 is 0 Å². The van der Waals surface area contributed by atoms with Crippen LogP contribution in [0.3, 0.4) is 0 Å². The van der Waals surface area contributed by atoms with Gasteiger partial charge < -0.3 is 20.4 Å².